The van der Waals surface area contributed by atoms with Gasteiger partial charge < -0.3 is 15.0 Å². The molecule has 0 aliphatic heterocycles. The fourth-order valence-electron chi connectivity index (χ4n) is 3.12. The zero-order valence-electron chi connectivity index (χ0n) is 14.5. The van der Waals surface area contributed by atoms with E-state index in [0.29, 0.717) is 0 Å². The lowest BCUT2D eigenvalue weighted by atomic mass is 10.0. The molecule has 0 amide bonds. The first-order chi connectivity index (χ1) is 12.0. The number of hydrogen-bond donors (Lipinski definition) is 2. The van der Waals surface area contributed by atoms with Crippen LogP contribution in [0.2, 0.25) is 0 Å². The molecule has 2 atom stereocenters. The van der Waals surface area contributed by atoms with Crippen LogP contribution >= 0.6 is 15.9 Å². The number of Topliss-reactive ketones (excluding diaryl/α,β-unsaturated/α-hetero) is 1. The molecule has 0 aliphatic rings. The van der Waals surface area contributed by atoms with Gasteiger partial charge in [-0.3, -0.25) is 4.79 Å². The third kappa shape index (κ3) is 3.62. The highest BCUT2D eigenvalue weighted by Gasteiger charge is 2.24. The van der Waals surface area contributed by atoms with Crippen LogP contribution in [0.5, 0.6) is 5.75 Å². The number of halogens is 1. The average molecular weight is 402 g/mol. The van der Waals surface area contributed by atoms with E-state index in [1.54, 1.807) is 7.11 Å². The smallest absolute Gasteiger partial charge is 0.221 e. The minimum atomic E-state index is -0.171. The van der Waals surface area contributed by atoms with E-state index in [1.165, 1.54) is 0 Å². The number of hydrogen-bond acceptors (Lipinski definition) is 2. The molecule has 130 valence electrons. The van der Waals surface area contributed by atoms with Gasteiger partial charge in [-0.15, -0.1) is 0 Å². The summed E-state index contributed by atoms with van der Waals surface area (Å²) in [4.78, 5) is 16.0. The first-order valence-electron chi connectivity index (χ1n) is 8.30. The van der Waals surface area contributed by atoms with Gasteiger partial charge in [0.1, 0.15) is 17.8 Å². The molecule has 3 aromatic rings. The van der Waals surface area contributed by atoms with Crippen molar-refractivity contribution in [2.75, 3.05) is 7.11 Å². The number of para-hydroxylation sites is 1. The number of ether oxygens (including phenoxy) is 1. The number of carbonyl (C=O) groups excluding carboxylic acids is 1. The predicted molar refractivity (Wildman–Crippen MR) is 103 cm³/mol. The lowest BCUT2D eigenvalue weighted by Crippen LogP contribution is -2.91. The summed E-state index contributed by atoms with van der Waals surface area (Å²) in [7, 11) is 1.65. The third-order valence-electron chi connectivity index (χ3n) is 4.55. The molecule has 3 rings (SSSR count). The molecular formula is C20H22BrN2O2+. The van der Waals surface area contributed by atoms with Crippen LogP contribution in [0.1, 0.15) is 35.8 Å². The molecule has 0 saturated heterocycles. The van der Waals surface area contributed by atoms with E-state index in [2.05, 4.69) is 33.2 Å². The molecule has 25 heavy (non-hydrogen) atoms. The van der Waals surface area contributed by atoms with Crippen molar-refractivity contribution in [3.63, 3.8) is 0 Å². The summed E-state index contributed by atoms with van der Waals surface area (Å²) in [5.74, 6) is 0.941. The fraction of sp³-hybridized carbons (Fsp3) is 0.250. The zero-order chi connectivity index (χ0) is 18.0. The molecule has 3 N–H and O–H groups in total. The normalized spacial score (nSPS) is 13.6. The molecule has 0 spiro atoms. The summed E-state index contributed by atoms with van der Waals surface area (Å²) >= 11 is 3.52. The SMILES string of the molecule is COc1ccc([C@H](C)[NH2+][C@@H](C)C(=O)c2c[nH]c3ccccc23)cc1Br. The Morgan fingerprint density at radius 1 is 1.20 bits per heavy atom. The van der Waals surface area contributed by atoms with Crippen LogP contribution in [0, 0.1) is 0 Å². The molecule has 4 nitrogen and oxygen atoms in total. The minimum Gasteiger partial charge on any atom is -0.496 e. The topological polar surface area (TPSA) is 58.7 Å². The second-order valence-corrected chi connectivity index (χ2v) is 7.13. The Morgan fingerprint density at radius 2 is 1.96 bits per heavy atom. The van der Waals surface area contributed by atoms with Crippen molar-refractivity contribution in [1.29, 1.82) is 0 Å². The summed E-state index contributed by atoms with van der Waals surface area (Å²) < 4.78 is 6.19. The molecule has 5 heteroatoms. The maximum Gasteiger partial charge on any atom is 0.221 e. The molecule has 1 heterocycles. The monoisotopic (exact) mass is 401 g/mol. The van der Waals surface area contributed by atoms with Gasteiger partial charge in [0.2, 0.25) is 5.78 Å². The number of carbonyl (C=O) groups is 1. The van der Waals surface area contributed by atoms with Gasteiger partial charge in [-0.05, 0) is 54.0 Å². The zero-order valence-corrected chi connectivity index (χ0v) is 16.1. The maximum absolute atomic E-state index is 12.9. The van der Waals surface area contributed by atoms with Gasteiger partial charge >= 0.3 is 0 Å². The van der Waals surface area contributed by atoms with Crippen LogP contribution in [0.4, 0.5) is 0 Å². The number of methoxy groups -OCH3 is 1. The first-order valence-corrected chi connectivity index (χ1v) is 9.09. The van der Waals surface area contributed by atoms with E-state index in [1.807, 2.05) is 55.6 Å². The van der Waals surface area contributed by atoms with Crippen molar-refractivity contribution in [3.8, 4) is 5.75 Å². The standard InChI is InChI=1S/C20H21BrN2O2/c1-12(14-8-9-19(25-3)17(21)10-14)23-13(2)20(24)16-11-22-18-7-5-4-6-15(16)18/h4-13,22-23H,1-3H3/p+1/t12-,13-/m0/s1. The largest absolute Gasteiger partial charge is 0.496 e. The van der Waals surface area contributed by atoms with Crippen LogP contribution < -0.4 is 10.1 Å². The Morgan fingerprint density at radius 3 is 2.68 bits per heavy atom. The van der Waals surface area contributed by atoms with E-state index in [9.17, 15) is 4.79 Å². The van der Waals surface area contributed by atoms with Crippen molar-refractivity contribution in [2.45, 2.75) is 25.9 Å². The number of benzene rings is 2. The quantitative estimate of drug-likeness (QED) is 0.616. The molecular weight excluding hydrogens is 380 g/mol. The number of fused-ring (bicyclic) bond motifs is 1. The number of H-pyrrole nitrogens is 1. The highest BCUT2D eigenvalue weighted by Crippen LogP contribution is 2.27. The van der Waals surface area contributed by atoms with Gasteiger partial charge in [0.15, 0.2) is 0 Å². The van der Waals surface area contributed by atoms with Gasteiger partial charge in [-0.2, -0.15) is 0 Å². The second kappa shape index (κ2) is 7.42. The highest BCUT2D eigenvalue weighted by molar-refractivity contribution is 9.10. The molecule has 0 unspecified atom stereocenters. The van der Waals surface area contributed by atoms with Crippen LogP contribution in [-0.4, -0.2) is 23.9 Å². The number of aromatic nitrogens is 1. The predicted octanol–water partition coefficient (Wildman–Crippen LogP) is 3.83. The summed E-state index contributed by atoms with van der Waals surface area (Å²) in [6.45, 7) is 4.06. The van der Waals surface area contributed by atoms with E-state index in [-0.39, 0.29) is 17.9 Å². The Kier molecular flexibility index (Phi) is 5.25. The molecule has 0 fully saturated rings. The van der Waals surface area contributed by atoms with Crippen molar-refractivity contribution < 1.29 is 14.8 Å². The maximum atomic E-state index is 12.9. The minimum absolute atomic E-state index is 0.136. The molecule has 1 aromatic heterocycles. The number of quaternary nitrogens is 1. The highest BCUT2D eigenvalue weighted by atomic mass is 79.9. The average Bonchev–Trinajstić information content (AvgIpc) is 3.04. The van der Waals surface area contributed by atoms with E-state index >= 15 is 0 Å². The number of nitrogens with two attached hydrogens (primary N) is 1. The van der Waals surface area contributed by atoms with Crippen molar-refractivity contribution in [1.82, 2.24) is 4.98 Å². The summed E-state index contributed by atoms with van der Waals surface area (Å²) in [6, 6.07) is 13.9. The van der Waals surface area contributed by atoms with Crippen LogP contribution in [0.3, 0.4) is 0 Å². The van der Waals surface area contributed by atoms with Gasteiger partial charge in [-0.25, -0.2) is 0 Å². The summed E-state index contributed by atoms with van der Waals surface area (Å²) in [5, 5.41) is 3.07. The number of rotatable bonds is 6. The Labute approximate surface area is 155 Å². The van der Waals surface area contributed by atoms with Crippen molar-refractivity contribution in [3.05, 3.63) is 64.3 Å². The second-order valence-electron chi connectivity index (χ2n) is 6.28. The molecule has 0 aliphatic carbocycles. The molecule has 0 bridgehead atoms. The van der Waals surface area contributed by atoms with Crippen LogP contribution in [0.15, 0.2) is 53.1 Å². The first kappa shape index (κ1) is 17.7. The van der Waals surface area contributed by atoms with Crippen LogP contribution in [-0.2, 0) is 0 Å². The Balaban J connectivity index is 1.76. The van der Waals surface area contributed by atoms with E-state index in [0.717, 1.165) is 32.3 Å². The Hall–Kier alpha value is -2.11. The van der Waals surface area contributed by atoms with E-state index < -0.39 is 0 Å². The lowest BCUT2D eigenvalue weighted by molar-refractivity contribution is -0.709. The molecule has 2 aromatic carbocycles. The van der Waals surface area contributed by atoms with Gasteiger partial charge in [-0.1, -0.05) is 18.2 Å². The van der Waals surface area contributed by atoms with Gasteiger partial charge in [0, 0.05) is 28.2 Å². The van der Waals surface area contributed by atoms with E-state index in [4.69, 9.17) is 4.74 Å². The van der Waals surface area contributed by atoms with Gasteiger partial charge in [0.25, 0.3) is 0 Å². The number of nitrogens with one attached hydrogen (secondary N) is 1. The number of aromatic amines is 1. The Bertz CT molecular complexity index is 904. The van der Waals surface area contributed by atoms with Crippen molar-refractivity contribution >= 4 is 32.6 Å². The lowest BCUT2D eigenvalue weighted by Gasteiger charge is -2.17. The third-order valence-corrected chi connectivity index (χ3v) is 5.17. The summed E-state index contributed by atoms with van der Waals surface area (Å²) in [5.41, 5.74) is 2.89. The van der Waals surface area contributed by atoms with Crippen molar-refractivity contribution in [2.24, 2.45) is 0 Å². The van der Waals surface area contributed by atoms with Gasteiger partial charge in [0.05, 0.1) is 11.6 Å². The fourth-order valence-corrected chi connectivity index (χ4v) is 3.68. The molecule has 0 saturated carbocycles. The summed E-state index contributed by atoms with van der Waals surface area (Å²) in [6.07, 6.45) is 1.81. The van der Waals surface area contributed by atoms with Crippen LogP contribution in [0.25, 0.3) is 10.9 Å². The molecule has 0 radical (unpaired) electrons. The number of ketones is 1.